The van der Waals surface area contributed by atoms with Gasteiger partial charge in [0.2, 0.25) is 0 Å². The molecular formula is C26H33N5O2. The van der Waals surface area contributed by atoms with E-state index in [2.05, 4.69) is 33.0 Å². The molecule has 0 bridgehead atoms. The molecule has 0 radical (unpaired) electrons. The fraction of sp³-hybridized carbons (Fsp3) is 0.423. The number of nitrogens with one attached hydrogen (secondary N) is 1. The quantitative estimate of drug-likeness (QED) is 0.537. The molecule has 0 aliphatic carbocycles. The first-order valence-electron chi connectivity index (χ1n) is 12.1. The molecule has 1 fully saturated rings. The van der Waals surface area contributed by atoms with Crippen molar-refractivity contribution in [2.24, 2.45) is 5.73 Å². The highest BCUT2D eigenvalue weighted by Crippen LogP contribution is 2.30. The second-order valence-corrected chi connectivity index (χ2v) is 8.99. The maximum atomic E-state index is 12.1. The van der Waals surface area contributed by atoms with E-state index >= 15 is 0 Å². The number of aromatic nitrogens is 1. The fourth-order valence-electron chi connectivity index (χ4n) is 5.01. The van der Waals surface area contributed by atoms with Gasteiger partial charge >= 0.3 is 6.03 Å². The van der Waals surface area contributed by atoms with E-state index in [1.54, 1.807) is 4.90 Å². The Balaban J connectivity index is 1.09. The molecule has 2 amide bonds. The Morgan fingerprint density at radius 1 is 1.09 bits per heavy atom. The lowest BCUT2D eigenvalue weighted by Gasteiger charge is -2.36. The Labute approximate surface area is 195 Å². The summed E-state index contributed by atoms with van der Waals surface area (Å²) in [4.78, 5) is 22.0. The summed E-state index contributed by atoms with van der Waals surface area (Å²) in [6.45, 7) is 6.74. The standard InChI is InChI=1S/C26H33N5O2/c27-26(32)31(24-19-28-23-8-2-1-7-22(23)24)12-4-3-11-29-13-15-30(16-14-29)21-9-10-25-20(18-21)6-5-17-33-25/h1-2,7-10,18-19,28H,3-6,11-17H2,(H2,27,32). The van der Waals surface area contributed by atoms with Crippen LogP contribution in [0.5, 0.6) is 5.75 Å². The number of nitrogens with two attached hydrogens (primary N) is 1. The summed E-state index contributed by atoms with van der Waals surface area (Å²) >= 11 is 0. The summed E-state index contributed by atoms with van der Waals surface area (Å²) in [7, 11) is 0. The highest BCUT2D eigenvalue weighted by molar-refractivity contribution is 6.02. The first-order chi connectivity index (χ1) is 16.2. The Kier molecular flexibility index (Phi) is 6.39. The molecule has 0 atom stereocenters. The number of piperazine rings is 1. The summed E-state index contributed by atoms with van der Waals surface area (Å²) in [5, 5.41) is 1.03. The zero-order chi connectivity index (χ0) is 22.6. The van der Waals surface area contributed by atoms with Crippen LogP contribution in [0.4, 0.5) is 16.2 Å². The molecule has 3 N–H and O–H groups in total. The van der Waals surface area contributed by atoms with Gasteiger partial charge in [0.25, 0.3) is 0 Å². The van der Waals surface area contributed by atoms with E-state index in [0.717, 1.165) is 87.4 Å². The van der Waals surface area contributed by atoms with Crippen LogP contribution in [0.3, 0.4) is 0 Å². The molecule has 2 aromatic carbocycles. The normalized spacial score (nSPS) is 16.4. The van der Waals surface area contributed by atoms with Crippen LogP contribution < -0.4 is 20.3 Å². The number of H-pyrrole nitrogens is 1. The van der Waals surface area contributed by atoms with Gasteiger partial charge in [-0.15, -0.1) is 0 Å². The summed E-state index contributed by atoms with van der Waals surface area (Å²) in [6.07, 6.45) is 6.07. The van der Waals surface area contributed by atoms with Gasteiger partial charge in [0.1, 0.15) is 5.75 Å². The molecule has 5 rings (SSSR count). The predicted octanol–water partition coefficient (Wildman–Crippen LogP) is 3.98. The van der Waals surface area contributed by atoms with Gasteiger partial charge in [0.05, 0.1) is 12.3 Å². The van der Waals surface area contributed by atoms with Crippen LogP contribution in [0.25, 0.3) is 10.9 Å². The summed E-state index contributed by atoms with van der Waals surface area (Å²) in [6, 6.07) is 14.2. The maximum absolute atomic E-state index is 12.1. The van der Waals surface area contributed by atoms with E-state index in [1.165, 1.54) is 11.3 Å². The van der Waals surface area contributed by atoms with Gasteiger partial charge in [-0.1, -0.05) is 18.2 Å². The lowest BCUT2D eigenvalue weighted by atomic mass is 10.0. The number of carbonyl (C=O) groups excluding carboxylic acids is 1. The number of anilines is 2. The Hall–Kier alpha value is -3.19. The number of hydrogen-bond acceptors (Lipinski definition) is 4. The van der Waals surface area contributed by atoms with Crippen LogP contribution in [0.1, 0.15) is 24.8 Å². The fourth-order valence-corrected chi connectivity index (χ4v) is 5.01. The molecule has 33 heavy (non-hydrogen) atoms. The third-order valence-electron chi connectivity index (χ3n) is 6.86. The second-order valence-electron chi connectivity index (χ2n) is 8.99. The van der Waals surface area contributed by atoms with E-state index in [1.807, 2.05) is 30.5 Å². The molecule has 0 saturated carbocycles. The van der Waals surface area contributed by atoms with Gasteiger partial charge in [-0.05, 0) is 62.1 Å². The SMILES string of the molecule is NC(=O)N(CCCCN1CCN(c2ccc3c(c2)CCCO3)CC1)c1c[nH]c2ccccc12. The van der Waals surface area contributed by atoms with Crippen molar-refractivity contribution in [1.29, 1.82) is 0 Å². The van der Waals surface area contributed by atoms with E-state index in [4.69, 9.17) is 10.5 Å². The number of aromatic amines is 1. The number of fused-ring (bicyclic) bond motifs is 2. The Morgan fingerprint density at radius 3 is 2.79 bits per heavy atom. The molecule has 0 unspecified atom stereocenters. The van der Waals surface area contributed by atoms with Gasteiger partial charge in [0, 0.05) is 55.5 Å². The van der Waals surface area contributed by atoms with Crippen LogP contribution in [-0.2, 0) is 6.42 Å². The molecule has 3 aromatic rings. The molecule has 1 saturated heterocycles. The number of benzene rings is 2. The molecule has 7 heteroatoms. The Morgan fingerprint density at radius 2 is 1.94 bits per heavy atom. The third kappa shape index (κ3) is 4.78. The number of urea groups is 1. The van der Waals surface area contributed by atoms with Gasteiger partial charge in [-0.2, -0.15) is 0 Å². The molecule has 7 nitrogen and oxygen atoms in total. The van der Waals surface area contributed by atoms with E-state index in [0.29, 0.717) is 6.54 Å². The van der Waals surface area contributed by atoms with Crippen molar-refractivity contribution in [2.75, 3.05) is 55.7 Å². The van der Waals surface area contributed by atoms with Gasteiger partial charge < -0.3 is 20.4 Å². The number of para-hydroxylation sites is 1. The summed E-state index contributed by atoms with van der Waals surface area (Å²) < 4.78 is 5.75. The topological polar surface area (TPSA) is 77.8 Å². The van der Waals surface area contributed by atoms with E-state index < -0.39 is 6.03 Å². The second kappa shape index (κ2) is 9.75. The average molecular weight is 448 g/mol. The first kappa shape index (κ1) is 21.6. The lowest BCUT2D eigenvalue weighted by molar-refractivity contribution is 0.249. The number of unbranched alkanes of at least 4 members (excludes halogenated alkanes) is 1. The van der Waals surface area contributed by atoms with Crippen molar-refractivity contribution >= 4 is 28.3 Å². The van der Waals surface area contributed by atoms with Crippen molar-refractivity contribution in [1.82, 2.24) is 9.88 Å². The van der Waals surface area contributed by atoms with Crippen molar-refractivity contribution < 1.29 is 9.53 Å². The number of nitrogens with zero attached hydrogens (tertiary/aromatic N) is 3. The number of rotatable bonds is 7. The van der Waals surface area contributed by atoms with Crippen molar-refractivity contribution in [3.63, 3.8) is 0 Å². The Bertz CT molecular complexity index is 1100. The molecule has 2 aliphatic rings. The number of carbonyl (C=O) groups is 1. The van der Waals surface area contributed by atoms with Crippen LogP contribution in [-0.4, -0.2) is 61.8 Å². The highest BCUT2D eigenvalue weighted by atomic mass is 16.5. The molecular weight excluding hydrogens is 414 g/mol. The van der Waals surface area contributed by atoms with Crippen LogP contribution in [0.2, 0.25) is 0 Å². The number of aryl methyl sites for hydroxylation is 1. The zero-order valence-electron chi connectivity index (χ0n) is 19.1. The minimum absolute atomic E-state index is 0.399. The highest BCUT2D eigenvalue weighted by Gasteiger charge is 2.20. The van der Waals surface area contributed by atoms with Crippen LogP contribution in [0, 0.1) is 0 Å². The molecule has 1 aromatic heterocycles. The van der Waals surface area contributed by atoms with Crippen molar-refractivity contribution in [3.8, 4) is 5.75 Å². The van der Waals surface area contributed by atoms with Crippen molar-refractivity contribution in [3.05, 3.63) is 54.2 Å². The maximum Gasteiger partial charge on any atom is 0.319 e. The number of ether oxygens (including phenoxy) is 1. The zero-order valence-corrected chi connectivity index (χ0v) is 19.1. The summed E-state index contributed by atoms with van der Waals surface area (Å²) in [5.41, 5.74) is 10.2. The van der Waals surface area contributed by atoms with Gasteiger partial charge in [-0.25, -0.2) is 4.79 Å². The monoisotopic (exact) mass is 447 g/mol. The number of hydrogen-bond donors (Lipinski definition) is 2. The number of amides is 2. The summed E-state index contributed by atoms with van der Waals surface area (Å²) in [5.74, 6) is 1.06. The van der Waals surface area contributed by atoms with E-state index in [-0.39, 0.29) is 0 Å². The minimum atomic E-state index is -0.399. The number of primary amides is 1. The minimum Gasteiger partial charge on any atom is -0.493 e. The molecule has 174 valence electrons. The first-order valence-corrected chi connectivity index (χ1v) is 12.1. The largest absolute Gasteiger partial charge is 0.493 e. The third-order valence-corrected chi connectivity index (χ3v) is 6.86. The van der Waals surface area contributed by atoms with E-state index in [9.17, 15) is 4.79 Å². The smallest absolute Gasteiger partial charge is 0.319 e. The predicted molar refractivity (Wildman–Crippen MR) is 133 cm³/mol. The molecule has 3 heterocycles. The molecule has 0 spiro atoms. The van der Waals surface area contributed by atoms with Gasteiger partial charge in [0.15, 0.2) is 0 Å². The van der Waals surface area contributed by atoms with Crippen LogP contribution >= 0.6 is 0 Å². The lowest BCUT2D eigenvalue weighted by Crippen LogP contribution is -2.46. The average Bonchev–Trinajstić information content (AvgIpc) is 3.28. The molecule has 2 aliphatic heterocycles. The van der Waals surface area contributed by atoms with Crippen LogP contribution in [0.15, 0.2) is 48.7 Å². The van der Waals surface area contributed by atoms with Gasteiger partial charge in [-0.3, -0.25) is 9.80 Å². The van der Waals surface area contributed by atoms with Crippen molar-refractivity contribution in [2.45, 2.75) is 25.7 Å².